The Bertz CT molecular complexity index is 1190. The number of rotatable bonds is 7. The Morgan fingerprint density at radius 3 is 2.31 bits per heavy atom. The van der Waals surface area contributed by atoms with Crippen molar-refractivity contribution >= 4 is 11.6 Å². The van der Waals surface area contributed by atoms with Crippen LogP contribution in [-0.4, -0.2) is 70.8 Å². The fourth-order valence-corrected chi connectivity index (χ4v) is 4.93. The topological polar surface area (TPSA) is 73.6 Å². The van der Waals surface area contributed by atoms with E-state index in [-0.39, 0.29) is 12.5 Å². The first-order chi connectivity index (χ1) is 16.8. The Hall–Kier alpha value is -3.16. The lowest BCUT2D eigenvalue weighted by Gasteiger charge is -2.37. The Balaban J connectivity index is 1.30. The van der Waals surface area contributed by atoms with Gasteiger partial charge in [0.15, 0.2) is 0 Å². The number of aromatic nitrogens is 2. The summed E-state index contributed by atoms with van der Waals surface area (Å²) in [5.41, 5.74) is 7.29. The maximum absolute atomic E-state index is 12.9. The van der Waals surface area contributed by atoms with Crippen molar-refractivity contribution in [2.45, 2.75) is 40.7 Å². The van der Waals surface area contributed by atoms with Crippen LogP contribution in [0.25, 0.3) is 5.69 Å². The summed E-state index contributed by atoms with van der Waals surface area (Å²) < 4.78 is 2.01. The number of anilines is 1. The zero-order valence-corrected chi connectivity index (χ0v) is 21.5. The van der Waals surface area contributed by atoms with E-state index in [0.29, 0.717) is 12.2 Å². The van der Waals surface area contributed by atoms with Crippen molar-refractivity contribution in [3.8, 4) is 5.69 Å². The normalized spacial score (nSPS) is 15.3. The summed E-state index contributed by atoms with van der Waals surface area (Å²) in [6.07, 6.45) is -0.633. The molecule has 0 aliphatic carbocycles. The Morgan fingerprint density at radius 1 is 0.943 bits per heavy atom. The van der Waals surface area contributed by atoms with Crippen molar-refractivity contribution in [3.05, 3.63) is 76.4 Å². The summed E-state index contributed by atoms with van der Waals surface area (Å²) >= 11 is 0. The molecule has 1 aliphatic rings. The maximum atomic E-state index is 12.9. The molecule has 1 aliphatic heterocycles. The number of imidazole rings is 1. The van der Waals surface area contributed by atoms with Gasteiger partial charge in [-0.05, 0) is 63.4 Å². The molecule has 2 aromatic carbocycles. The summed E-state index contributed by atoms with van der Waals surface area (Å²) in [6, 6.07) is 14.5. The number of β-amino-alcohol motifs (C(OH)–C–C–N with tert-alkyl or cyclic N) is 1. The van der Waals surface area contributed by atoms with Crippen molar-refractivity contribution in [1.82, 2.24) is 19.8 Å². The van der Waals surface area contributed by atoms with Crippen LogP contribution in [0.15, 0.2) is 42.5 Å². The van der Waals surface area contributed by atoms with Crippen LogP contribution in [0.4, 0.5) is 5.69 Å². The van der Waals surface area contributed by atoms with E-state index in [1.54, 1.807) is 0 Å². The molecular formula is C28H37N5O2. The molecule has 35 heavy (non-hydrogen) atoms. The first kappa shape index (κ1) is 24.9. The van der Waals surface area contributed by atoms with Crippen LogP contribution in [0, 0.1) is 34.6 Å². The van der Waals surface area contributed by atoms with Gasteiger partial charge in [0.25, 0.3) is 5.91 Å². The lowest BCUT2D eigenvalue weighted by molar-refractivity contribution is 0.0847. The van der Waals surface area contributed by atoms with Crippen LogP contribution >= 0.6 is 0 Å². The zero-order chi connectivity index (χ0) is 25.1. The minimum absolute atomic E-state index is 0.200. The van der Waals surface area contributed by atoms with E-state index in [9.17, 15) is 9.90 Å². The number of carbonyl (C=O) groups is 1. The van der Waals surface area contributed by atoms with E-state index in [4.69, 9.17) is 0 Å². The van der Waals surface area contributed by atoms with Crippen molar-refractivity contribution in [2.24, 2.45) is 0 Å². The molecule has 1 saturated heterocycles. The van der Waals surface area contributed by atoms with Gasteiger partial charge in [0.05, 0.1) is 11.8 Å². The molecule has 0 bridgehead atoms. The minimum atomic E-state index is -0.633. The van der Waals surface area contributed by atoms with Gasteiger partial charge in [-0.1, -0.05) is 30.3 Å². The first-order valence-corrected chi connectivity index (χ1v) is 12.4. The molecule has 186 valence electrons. The number of carbonyl (C=O) groups excluding carboxylic acids is 1. The molecule has 1 unspecified atom stereocenters. The molecule has 4 rings (SSSR count). The molecule has 1 fully saturated rings. The lowest BCUT2D eigenvalue weighted by atomic mass is 10.1. The number of amides is 1. The summed E-state index contributed by atoms with van der Waals surface area (Å²) in [4.78, 5) is 22.1. The highest BCUT2D eigenvalue weighted by molar-refractivity contribution is 5.93. The van der Waals surface area contributed by atoms with Gasteiger partial charge in [0.1, 0.15) is 11.5 Å². The molecule has 2 heterocycles. The van der Waals surface area contributed by atoms with Gasteiger partial charge in [-0.2, -0.15) is 0 Å². The standard InChI is InChI=1S/C28H37N5O2/c1-19-10-8-12-26(21(19)3)32-15-13-31(14-16-32)18-24(34)17-29-28(35)27-22(4)33(23(5)30-27)25-11-7-6-9-20(25)2/h6-12,24,34H,13-18H2,1-5H3,(H,29,35). The molecule has 1 amide bonds. The molecule has 1 aromatic heterocycles. The number of aliphatic hydroxyl groups is 1. The average molecular weight is 476 g/mol. The fraction of sp³-hybridized carbons (Fsp3) is 0.429. The smallest absolute Gasteiger partial charge is 0.271 e. The van der Waals surface area contributed by atoms with Crippen molar-refractivity contribution < 1.29 is 9.90 Å². The molecule has 2 N–H and O–H groups in total. The third-order valence-electron chi connectivity index (χ3n) is 7.10. The van der Waals surface area contributed by atoms with E-state index in [2.05, 4.69) is 52.1 Å². The summed E-state index contributed by atoms with van der Waals surface area (Å²) in [6.45, 7) is 14.6. The van der Waals surface area contributed by atoms with Crippen LogP contribution < -0.4 is 10.2 Å². The number of nitrogens with one attached hydrogen (secondary N) is 1. The van der Waals surface area contributed by atoms with Crippen LogP contribution in [-0.2, 0) is 0 Å². The number of piperazine rings is 1. The predicted octanol–water partition coefficient (Wildman–Crippen LogP) is 3.33. The van der Waals surface area contributed by atoms with Crippen LogP contribution in [0.1, 0.15) is 38.7 Å². The number of para-hydroxylation sites is 1. The van der Waals surface area contributed by atoms with Gasteiger partial charge in [-0.25, -0.2) is 4.98 Å². The van der Waals surface area contributed by atoms with Crippen molar-refractivity contribution in [3.63, 3.8) is 0 Å². The number of benzene rings is 2. The summed E-state index contributed by atoms with van der Waals surface area (Å²) in [5, 5.41) is 13.5. The Kier molecular flexibility index (Phi) is 7.57. The molecular weight excluding hydrogens is 438 g/mol. The highest BCUT2D eigenvalue weighted by Gasteiger charge is 2.23. The second-order valence-electron chi connectivity index (χ2n) is 9.59. The van der Waals surface area contributed by atoms with Crippen molar-refractivity contribution in [2.75, 3.05) is 44.2 Å². The molecule has 7 nitrogen and oxygen atoms in total. The minimum Gasteiger partial charge on any atom is -0.390 e. The number of hydrogen-bond donors (Lipinski definition) is 2. The molecule has 3 aromatic rings. The molecule has 0 spiro atoms. The highest BCUT2D eigenvalue weighted by Crippen LogP contribution is 2.24. The Labute approximate surface area is 208 Å². The van der Waals surface area contributed by atoms with E-state index in [0.717, 1.165) is 48.9 Å². The van der Waals surface area contributed by atoms with Crippen LogP contribution in [0.5, 0.6) is 0 Å². The van der Waals surface area contributed by atoms with Gasteiger partial charge in [-0.15, -0.1) is 0 Å². The van der Waals surface area contributed by atoms with Gasteiger partial charge in [-0.3, -0.25) is 9.69 Å². The molecule has 0 saturated carbocycles. The second kappa shape index (κ2) is 10.6. The molecule has 7 heteroatoms. The summed E-state index contributed by atoms with van der Waals surface area (Å²) in [5.74, 6) is 0.515. The highest BCUT2D eigenvalue weighted by atomic mass is 16.3. The lowest BCUT2D eigenvalue weighted by Crippen LogP contribution is -2.50. The zero-order valence-electron chi connectivity index (χ0n) is 21.5. The van der Waals surface area contributed by atoms with Gasteiger partial charge < -0.3 is 19.9 Å². The van der Waals surface area contributed by atoms with E-state index >= 15 is 0 Å². The van der Waals surface area contributed by atoms with Crippen LogP contribution in [0.2, 0.25) is 0 Å². The third kappa shape index (κ3) is 5.41. The van der Waals surface area contributed by atoms with Gasteiger partial charge in [0, 0.05) is 50.6 Å². The first-order valence-electron chi connectivity index (χ1n) is 12.4. The van der Waals surface area contributed by atoms with Gasteiger partial charge >= 0.3 is 0 Å². The van der Waals surface area contributed by atoms with Gasteiger partial charge in [0.2, 0.25) is 0 Å². The SMILES string of the molecule is Cc1ccccc1-n1c(C)nc(C(=O)NCC(O)CN2CCN(c3cccc(C)c3C)CC2)c1C. The number of aryl methyl sites for hydroxylation is 3. The summed E-state index contributed by atoms with van der Waals surface area (Å²) in [7, 11) is 0. The molecule has 1 atom stereocenters. The van der Waals surface area contributed by atoms with E-state index in [1.807, 2.05) is 49.6 Å². The number of hydrogen-bond acceptors (Lipinski definition) is 5. The second-order valence-corrected chi connectivity index (χ2v) is 9.59. The number of nitrogens with zero attached hydrogens (tertiary/aromatic N) is 4. The average Bonchev–Trinajstić information content (AvgIpc) is 3.14. The third-order valence-corrected chi connectivity index (χ3v) is 7.10. The monoisotopic (exact) mass is 475 g/mol. The molecule has 0 radical (unpaired) electrons. The largest absolute Gasteiger partial charge is 0.390 e. The van der Waals surface area contributed by atoms with E-state index < -0.39 is 6.10 Å². The Morgan fingerprint density at radius 2 is 1.60 bits per heavy atom. The maximum Gasteiger partial charge on any atom is 0.271 e. The van der Waals surface area contributed by atoms with Crippen LogP contribution in [0.3, 0.4) is 0 Å². The predicted molar refractivity (Wildman–Crippen MR) is 141 cm³/mol. The number of aliphatic hydroxyl groups excluding tert-OH is 1. The quantitative estimate of drug-likeness (QED) is 0.548. The van der Waals surface area contributed by atoms with E-state index in [1.165, 1.54) is 16.8 Å². The fourth-order valence-electron chi connectivity index (χ4n) is 4.93. The van der Waals surface area contributed by atoms with Crippen molar-refractivity contribution in [1.29, 1.82) is 0 Å².